The Morgan fingerprint density at radius 2 is 2.23 bits per heavy atom. The third kappa shape index (κ3) is 5.02. The first-order chi connectivity index (χ1) is 10.4. The zero-order valence-corrected chi connectivity index (χ0v) is 14.1. The fourth-order valence-electron chi connectivity index (χ4n) is 2.33. The normalized spacial score (nSPS) is 14.9. The summed E-state index contributed by atoms with van der Waals surface area (Å²) in [5.41, 5.74) is 0.725. The van der Waals surface area contributed by atoms with Gasteiger partial charge >= 0.3 is 6.09 Å². The number of hydrogen-bond acceptors (Lipinski definition) is 4. The van der Waals surface area contributed by atoms with Crippen LogP contribution in [0.1, 0.15) is 46.2 Å². The minimum Gasteiger partial charge on any atom is -0.444 e. The molecule has 0 bridgehead atoms. The van der Waals surface area contributed by atoms with E-state index in [1.807, 2.05) is 38.2 Å². The van der Waals surface area contributed by atoms with Gasteiger partial charge in [0.2, 0.25) is 0 Å². The van der Waals surface area contributed by atoms with E-state index in [1.165, 1.54) is 0 Å². The van der Waals surface area contributed by atoms with Gasteiger partial charge in [-0.1, -0.05) is 0 Å². The van der Waals surface area contributed by atoms with Gasteiger partial charge in [-0.05, 0) is 40.5 Å². The highest BCUT2D eigenvalue weighted by Gasteiger charge is 2.34. The van der Waals surface area contributed by atoms with Crippen LogP contribution >= 0.6 is 0 Å². The molecule has 1 N–H and O–H groups in total. The lowest BCUT2D eigenvalue weighted by Gasteiger charge is -2.27. The van der Waals surface area contributed by atoms with Gasteiger partial charge in [0, 0.05) is 38.4 Å². The summed E-state index contributed by atoms with van der Waals surface area (Å²) in [6.07, 6.45) is 5.69. The molecular formula is C16H28N4O2. The molecule has 1 aliphatic carbocycles. The van der Waals surface area contributed by atoms with Crippen LogP contribution in [-0.2, 0) is 17.8 Å². The molecule has 22 heavy (non-hydrogen) atoms. The second kappa shape index (κ2) is 7.13. The van der Waals surface area contributed by atoms with Crippen molar-refractivity contribution in [2.24, 2.45) is 0 Å². The maximum Gasteiger partial charge on any atom is 0.410 e. The maximum atomic E-state index is 12.2. The molecule has 0 aliphatic heterocycles. The molecule has 1 aromatic heterocycles. The molecule has 0 unspecified atom stereocenters. The minimum atomic E-state index is -0.439. The Kier molecular flexibility index (Phi) is 5.45. The lowest BCUT2D eigenvalue weighted by atomic mass is 10.2. The van der Waals surface area contributed by atoms with E-state index in [9.17, 15) is 4.79 Å². The van der Waals surface area contributed by atoms with Crippen LogP contribution in [0.4, 0.5) is 4.79 Å². The second-order valence-corrected chi connectivity index (χ2v) is 6.75. The number of aromatic nitrogens is 2. The van der Waals surface area contributed by atoms with E-state index < -0.39 is 5.60 Å². The van der Waals surface area contributed by atoms with Gasteiger partial charge in [-0.3, -0.25) is 0 Å². The molecule has 0 aromatic carbocycles. The molecule has 1 aromatic rings. The van der Waals surface area contributed by atoms with Crippen molar-refractivity contribution in [1.29, 1.82) is 0 Å². The number of rotatable bonds is 7. The topological polar surface area (TPSA) is 59.4 Å². The molecule has 2 rings (SSSR count). The molecule has 1 fully saturated rings. The Bertz CT molecular complexity index is 489. The van der Waals surface area contributed by atoms with Gasteiger partial charge in [-0.25, -0.2) is 9.78 Å². The van der Waals surface area contributed by atoms with E-state index in [0.717, 1.165) is 38.2 Å². The number of ether oxygens (including phenoxy) is 1. The number of carbonyl (C=O) groups excluding carboxylic acids is 1. The number of nitrogens with one attached hydrogen (secondary N) is 1. The number of nitrogens with zero attached hydrogens (tertiary/aromatic N) is 3. The van der Waals surface area contributed by atoms with Crippen LogP contribution in [0.15, 0.2) is 12.5 Å². The molecule has 1 amide bonds. The Morgan fingerprint density at radius 1 is 1.50 bits per heavy atom. The lowest BCUT2D eigenvalue weighted by molar-refractivity contribution is 0.0236. The summed E-state index contributed by atoms with van der Waals surface area (Å²) in [4.78, 5) is 18.2. The smallest absolute Gasteiger partial charge is 0.410 e. The molecule has 0 spiro atoms. The maximum absolute atomic E-state index is 12.2. The van der Waals surface area contributed by atoms with Crippen LogP contribution in [-0.4, -0.2) is 45.3 Å². The zero-order chi connectivity index (χ0) is 16.2. The molecule has 0 atom stereocenters. The van der Waals surface area contributed by atoms with Crippen molar-refractivity contribution in [1.82, 2.24) is 19.8 Å². The minimum absolute atomic E-state index is 0.199. The van der Waals surface area contributed by atoms with Crippen molar-refractivity contribution in [3.63, 3.8) is 0 Å². The molecule has 0 saturated heterocycles. The van der Waals surface area contributed by atoms with E-state index in [0.29, 0.717) is 12.6 Å². The highest BCUT2D eigenvalue weighted by Crippen LogP contribution is 2.28. The van der Waals surface area contributed by atoms with Gasteiger partial charge in [-0.15, -0.1) is 0 Å². The van der Waals surface area contributed by atoms with Crippen LogP contribution in [0.2, 0.25) is 0 Å². The lowest BCUT2D eigenvalue weighted by Crippen LogP contribution is -2.41. The van der Waals surface area contributed by atoms with Crippen molar-refractivity contribution in [3.05, 3.63) is 18.2 Å². The average Bonchev–Trinajstić information content (AvgIpc) is 3.14. The summed E-state index contributed by atoms with van der Waals surface area (Å²) >= 11 is 0. The van der Waals surface area contributed by atoms with E-state index in [4.69, 9.17) is 4.74 Å². The SMILES string of the molecule is CCn1cncc1CNCCN(C(=O)OC(C)(C)C)C1CC1. The molecule has 0 radical (unpaired) electrons. The largest absolute Gasteiger partial charge is 0.444 e. The van der Waals surface area contributed by atoms with Crippen molar-refractivity contribution in [3.8, 4) is 0 Å². The number of carbonyl (C=O) groups is 1. The predicted molar refractivity (Wildman–Crippen MR) is 85.6 cm³/mol. The summed E-state index contributed by atoms with van der Waals surface area (Å²) in [5, 5.41) is 3.38. The first-order valence-electron chi connectivity index (χ1n) is 8.10. The molecule has 1 saturated carbocycles. The van der Waals surface area contributed by atoms with Crippen LogP contribution in [0, 0.1) is 0 Å². The average molecular weight is 308 g/mol. The monoisotopic (exact) mass is 308 g/mol. The second-order valence-electron chi connectivity index (χ2n) is 6.75. The van der Waals surface area contributed by atoms with Crippen molar-refractivity contribution in [2.75, 3.05) is 13.1 Å². The summed E-state index contributed by atoms with van der Waals surface area (Å²) < 4.78 is 7.60. The van der Waals surface area contributed by atoms with Crippen molar-refractivity contribution < 1.29 is 9.53 Å². The van der Waals surface area contributed by atoms with Gasteiger partial charge in [0.05, 0.1) is 12.0 Å². The molecule has 6 nitrogen and oxygen atoms in total. The fraction of sp³-hybridized carbons (Fsp3) is 0.750. The standard InChI is InChI=1S/C16H28N4O2/c1-5-19-12-18-11-14(19)10-17-8-9-20(13-6-7-13)15(21)22-16(2,3)4/h11-13,17H,5-10H2,1-4H3. The number of imidazole rings is 1. The summed E-state index contributed by atoms with van der Waals surface area (Å²) in [7, 11) is 0. The van der Waals surface area contributed by atoms with E-state index in [-0.39, 0.29) is 6.09 Å². The number of amides is 1. The number of aryl methyl sites for hydroxylation is 1. The Labute approximate surface area is 132 Å². The Morgan fingerprint density at radius 3 is 2.82 bits per heavy atom. The van der Waals surface area contributed by atoms with Crippen LogP contribution in [0.25, 0.3) is 0 Å². The first-order valence-corrected chi connectivity index (χ1v) is 8.10. The third-order valence-electron chi connectivity index (χ3n) is 3.59. The molecule has 124 valence electrons. The highest BCUT2D eigenvalue weighted by atomic mass is 16.6. The van der Waals surface area contributed by atoms with E-state index >= 15 is 0 Å². The summed E-state index contributed by atoms with van der Waals surface area (Å²) in [6, 6.07) is 0.359. The van der Waals surface area contributed by atoms with Gasteiger partial charge < -0.3 is 19.5 Å². The first kappa shape index (κ1) is 16.8. The highest BCUT2D eigenvalue weighted by molar-refractivity contribution is 5.69. The van der Waals surface area contributed by atoms with Gasteiger partial charge in [-0.2, -0.15) is 0 Å². The third-order valence-corrected chi connectivity index (χ3v) is 3.59. The van der Waals surface area contributed by atoms with Crippen molar-refractivity contribution in [2.45, 2.75) is 65.3 Å². The van der Waals surface area contributed by atoms with Crippen LogP contribution in [0.3, 0.4) is 0 Å². The fourth-order valence-corrected chi connectivity index (χ4v) is 2.33. The quantitative estimate of drug-likeness (QED) is 0.786. The van der Waals surface area contributed by atoms with Gasteiger partial charge in [0.15, 0.2) is 0 Å². The van der Waals surface area contributed by atoms with E-state index in [2.05, 4.69) is 21.8 Å². The van der Waals surface area contributed by atoms with E-state index in [1.54, 1.807) is 0 Å². The Hall–Kier alpha value is -1.56. The summed E-state index contributed by atoms with van der Waals surface area (Å²) in [6.45, 7) is 10.9. The predicted octanol–water partition coefficient (Wildman–Crippen LogP) is 2.39. The molecule has 1 heterocycles. The van der Waals surface area contributed by atoms with Gasteiger partial charge in [0.25, 0.3) is 0 Å². The molecule has 6 heteroatoms. The van der Waals surface area contributed by atoms with Crippen LogP contribution in [0.5, 0.6) is 0 Å². The molecule has 1 aliphatic rings. The molecular weight excluding hydrogens is 280 g/mol. The van der Waals surface area contributed by atoms with Crippen LogP contribution < -0.4 is 5.32 Å². The summed E-state index contributed by atoms with van der Waals surface area (Å²) in [5.74, 6) is 0. The zero-order valence-electron chi connectivity index (χ0n) is 14.1. The Balaban J connectivity index is 1.76. The van der Waals surface area contributed by atoms with Crippen molar-refractivity contribution >= 4 is 6.09 Å². The van der Waals surface area contributed by atoms with Gasteiger partial charge in [0.1, 0.15) is 5.60 Å². The number of hydrogen-bond donors (Lipinski definition) is 1.